The van der Waals surface area contributed by atoms with Crippen LogP contribution in [0.5, 0.6) is 0 Å². The molecular weight excluding hydrogens is 198 g/mol. The average Bonchev–Trinajstić information content (AvgIpc) is 2.87. The summed E-state index contributed by atoms with van der Waals surface area (Å²) >= 11 is 1.76. The van der Waals surface area contributed by atoms with E-state index in [1.807, 2.05) is 0 Å². The summed E-state index contributed by atoms with van der Waals surface area (Å²) in [5.41, 5.74) is -0.632. The molecule has 14 heavy (non-hydrogen) atoms. The minimum absolute atomic E-state index is 0.470. The molecule has 2 fully saturated rings. The maximum Gasteiger partial charge on any atom is 0.324 e. The summed E-state index contributed by atoms with van der Waals surface area (Å²) < 4.78 is 0. The lowest BCUT2D eigenvalue weighted by Crippen LogP contribution is -2.53. The first kappa shape index (κ1) is 10.3. The Morgan fingerprint density at radius 1 is 1.64 bits per heavy atom. The molecule has 0 radical (unpaired) electrons. The van der Waals surface area contributed by atoms with Gasteiger partial charge in [0.25, 0.3) is 0 Å². The van der Waals surface area contributed by atoms with E-state index in [9.17, 15) is 9.90 Å². The smallest absolute Gasteiger partial charge is 0.324 e. The quantitative estimate of drug-likeness (QED) is 0.743. The van der Waals surface area contributed by atoms with Crippen LogP contribution in [0.1, 0.15) is 26.2 Å². The number of hydrogen-bond acceptors (Lipinski definition) is 3. The fourth-order valence-electron chi connectivity index (χ4n) is 1.90. The monoisotopic (exact) mass is 215 g/mol. The van der Waals surface area contributed by atoms with Crippen LogP contribution in [-0.4, -0.2) is 34.2 Å². The van der Waals surface area contributed by atoms with Gasteiger partial charge >= 0.3 is 5.97 Å². The third-order valence-electron chi connectivity index (χ3n) is 3.09. The zero-order valence-corrected chi connectivity index (χ0v) is 9.27. The molecule has 2 rings (SSSR count). The van der Waals surface area contributed by atoms with Gasteiger partial charge < -0.3 is 10.4 Å². The number of hydrogen-bond donors (Lipinski definition) is 2. The molecule has 0 amide bonds. The van der Waals surface area contributed by atoms with E-state index in [-0.39, 0.29) is 0 Å². The SMILES string of the molecule is CC1CC(NCC2CC2)(C(=O)O)CS1. The zero-order valence-electron chi connectivity index (χ0n) is 8.45. The first-order valence-electron chi connectivity index (χ1n) is 5.22. The highest BCUT2D eigenvalue weighted by atomic mass is 32.2. The molecule has 1 saturated carbocycles. The van der Waals surface area contributed by atoms with E-state index < -0.39 is 11.5 Å². The highest BCUT2D eigenvalue weighted by Gasteiger charge is 2.45. The van der Waals surface area contributed by atoms with Crippen LogP contribution in [0.4, 0.5) is 0 Å². The Kier molecular flexibility index (Phi) is 2.75. The zero-order chi connectivity index (χ0) is 10.2. The van der Waals surface area contributed by atoms with Gasteiger partial charge in [-0.3, -0.25) is 4.79 Å². The Morgan fingerprint density at radius 3 is 2.79 bits per heavy atom. The first-order chi connectivity index (χ1) is 6.62. The van der Waals surface area contributed by atoms with Crippen LogP contribution < -0.4 is 5.32 Å². The molecule has 4 heteroatoms. The second-order valence-corrected chi connectivity index (χ2v) is 5.96. The molecule has 80 valence electrons. The van der Waals surface area contributed by atoms with Crippen molar-refractivity contribution in [1.29, 1.82) is 0 Å². The van der Waals surface area contributed by atoms with Crippen LogP contribution in [0.15, 0.2) is 0 Å². The molecule has 1 aliphatic heterocycles. The summed E-state index contributed by atoms with van der Waals surface area (Å²) in [6.07, 6.45) is 3.30. The van der Waals surface area contributed by atoms with Crippen LogP contribution in [0.25, 0.3) is 0 Å². The second kappa shape index (κ2) is 3.74. The van der Waals surface area contributed by atoms with Crippen LogP contribution in [0.3, 0.4) is 0 Å². The van der Waals surface area contributed by atoms with Crippen molar-refractivity contribution in [2.75, 3.05) is 12.3 Å². The number of aliphatic carboxylic acids is 1. The summed E-state index contributed by atoms with van der Waals surface area (Å²) in [6, 6.07) is 0. The van der Waals surface area contributed by atoms with Crippen molar-refractivity contribution in [3.63, 3.8) is 0 Å². The topological polar surface area (TPSA) is 49.3 Å². The van der Waals surface area contributed by atoms with Crippen molar-refractivity contribution in [2.45, 2.75) is 37.0 Å². The van der Waals surface area contributed by atoms with Gasteiger partial charge in [0.05, 0.1) is 0 Å². The molecule has 0 aromatic heterocycles. The third kappa shape index (κ3) is 2.06. The lowest BCUT2D eigenvalue weighted by Gasteiger charge is -2.25. The number of carbonyl (C=O) groups is 1. The maximum absolute atomic E-state index is 11.2. The molecule has 1 saturated heterocycles. The van der Waals surface area contributed by atoms with E-state index >= 15 is 0 Å². The number of carboxylic acid groups (broad SMARTS) is 1. The normalized spacial score (nSPS) is 37.4. The fourth-order valence-corrected chi connectivity index (χ4v) is 3.22. The van der Waals surface area contributed by atoms with E-state index in [0.717, 1.165) is 24.6 Å². The van der Waals surface area contributed by atoms with Gasteiger partial charge in [0.1, 0.15) is 5.54 Å². The van der Waals surface area contributed by atoms with Gasteiger partial charge in [-0.15, -0.1) is 0 Å². The molecule has 2 aliphatic rings. The largest absolute Gasteiger partial charge is 0.480 e. The first-order valence-corrected chi connectivity index (χ1v) is 6.27. The summed E-state index contributed by atoms with van der Waals surface area (Å²) in [4.78, 5) is 11.2. The van der Waals surface area contributed by atoms with Crippen LogP contribution in [0, 0.1) is 5.92 Å². The molecule has 3 nitrogen and oxygen atoms in total. The van der Waals surface area contributed by atoms with E-state index in [1.165, 1.54) is 12.8 Å². The maximum atomic E-state index is 11.2. The third-order valence-corrected chi connectivity index (χ3v) is 4.48. The van der Waals surface area contributed by atoms with Crippen molar-refractivity contribution >= 4 is 17.7 Å². The van der Waals surface area contributed by atoms with Crippen molar-refractivity contribution in [2.24, 2.45) is 5.92 Å². The van der Waals surface area contributed by atoms with Crippen molar-refractivity contribution < 1.29 is 9.90 Å². The molecular formula is C10H17NO2S. The number of carboxylic acids is 1. The molecule has 1 heterocycles. The molecule has 1 aliphatic carbocycles. The Labute approximate surface area is 88.6 Å². The molecule has 2 N–H and O–H groups in total. The van der Waals surface area contributed by atoms with Gasteiger partial charge in [-0.05, 0) is 31.7 Å². The van der Waals surface area contributed by atoms with Crippen molar-refractivity contribution in [3.8, 4) is 0 Å². The number of thioether (sulfide) groups is 1. The molecule has 0 bridgehead atoms. The minimum atomic E-state index is -0.671. The fraction of sp³-hybridized carbons (Fsp3) is 0.900. The van der Waals surface area contributed by atoms with Gasteiger partial charge in [-0.25, -0.2) is 0 Å². The van der Waals surface area contributed by atoms with Crippen LogP contribution >= 0.6 is 11.8 Å². The van der Waals surface area contributed by atoms with Gasteiger partial charge in [0.15, 0.2) is 0 Å². The highest BCUT2D eigenvalue weighted by Crippen LogP contribution is 2.36. The van der Waals surface area contributed by atoms with Crippen molar-refractivity contribution in [3.05, 3.63) is 0 Å². The molecule has 0 spiro atoms. The molecule has 2 atom stereocenters. The van der Waals surface area contributed by atoms with E-state index in [4.69, 9.17) is 0 Å². The van der Waals surface area contributed by atoms with Gasteiger partial charge in [0.2, 0.25) is 0 Å². The minimum Gasteiger partial charge on any atom is -0.480 e. The second-order valence-electron chi connectivity index (χ2n) is 4.54. The summed E-state index contributed by atoms with van der Waals surface area (Å²) in [7, 11) is 0. The Morgan fingerprint density at radius 2 is 2.36 bits per heavy atom. The Balaban J connectivity index is 1.94. The summed E-state index contributed by atoms with van der Waals surface area (Å²) in [5, 5.41) is 13.0. The van der Waals surface area contributed by atoms with E-state index in [1.54, 1.807) is 11.8 Å². The predicted molar refractivity (Wildman–Crippen MR) is 57.6 cm³/mol. The number of nitrogens with one attached hydrogen (secondary N) is 1. The average molecular weight is 215 g/mol. The van der Waals surface area contributed by atoms with Crippen molar-refractivity contribution in [1.82, 2.24) is 5.32 Å². The lowest BCUT2D eigenvalue weighted by molar-refractivity contribution is -0.143. The van der Waals surface area contributed by atoms with Gasteiger partial charge in [-0.1, -0.05) is 6.92 Å². The van der Waals surface area contributed by atoms with Crippen LogP contribution in [0.2, 0.25) is 0 Å². The van der Waals surface area contributed by atoms with E-state index in [0.29, 0.717) is 5.25 Å². The molecule has 0 aromatic rings. The Hall–Kier alpha value is -0.220. The summed E-state index contributed by atoms with van der Waals surface area (Å²) in [6.45, 7) is 2.99. The number of rotatable bonds is 4. The van der Waals surface area contributed by atoms with Crippen LogP contribution in [-0.2, 0) is 4.79 Å². The highest BCUT2D eigenvalue weighted by molar-refractivity contribution is 8.00. The predicted octanol–water partition coefficient (Wildman–Crippen LogP) is 1.33. The van der Waals surface area contributed by atoms with Gasteiger partial charge in [0, 0.05) is 11.0 Å². The molecule has 2 unspecified atom stereocenters. The molecule has 0 aromatic carbocycles. The standard InChI is InChI=1S/C10H17NO2S/c1-7-4-10(6-14-7,9(12)13)11-5-8-2-3-8/h7-8,11H,2-6H2,1H3,(H,12,13). The summed E-state index contributed by atoms with van der Waals surface area (Å²) in [5.74, 6) is 0.790. The lowest BCUT2D eigenvalue weighted by atomic mass is 9.96. The van der Waals surface area contributed by atoms with Gasteiger partial charge in [-0.2, -0.15) is 11.8 Å². The Bertz CT molecular complexity index is 242. The van der Waals surface area contributed by atoms with E-state index in [2.05, 4.69) is 12.2 Å².